The number of amides is 3. The summed E-state index contributed by atoms with van der Waals surface area (Å²) in [5.74, 6) is -0.910. The number of carbonyl (C=O) groups is 4. The van der Waals surface area contributed by atoms with E-state index in [4.69, 9.17) is 24.7 Å². The molecule has 5 rings (SSSR count). The van der Waals surface area contributed by atoms with Crippen molar-refractivity contribution in [2.75, 3.05) is 39.9 Å². The molecule has 0 unspecified atom stereocenters. The number of esters is 1. The van der Waals surface area contributed by atoms with Gasteiger partial charge in [-0.1, -0.05) is 95.9 Å². The zero-order valence-corrected chi connectivity index (χ0v) is 41.6. The highest BCUT2D eigenvalue weighted by Gasteiger charge is 2.39. The number of hydrogen-bond acceptors (Lipinski definition) is 11. The zero-order valence-electron chi connectivity index (χ0n) is 40.8. The van der Waals surface area contributed by atoms with Crippen molar-refractivity contribution < 1.29 is 33.4 Å². The molecule has 16 heteroatoms. The molecule has 2 N–H and O–H groups in total. The average Bonchev–Trinajstić information content (AvgIpc) is 3.83. The predicted molar refractivity (Wildman–Crippen MR) is 262 cm³/mol. The predicted octanol–water partition coefficient (Wildman–Crippen LogP) is 9.32. The summed E-state index contributed by atoms with van der Waals surface area (Å²) in [6, 6.07) is 13.7. The Kier molecular flexibility index (Phi) is 21.4. The van der Waals surface area contributed by atoms with Crippen LogP contribution in [0.2, 0.25) is 0 Å². The molecule has 0 bridgehead atoms. The number of nitrogens with one attached hydrogen (secondary N) is 2. The molecule has 2 heterocycles. The highest BCUT2D eigenvalue weighted by atomic mass is 32.1. The topological polar surface area (TPSA) is 188 Å². The van der Waals surface area contributed by atoms with E-state index in [1.807, 2.05) is 74.3 Å². The molecular formula is C51H74N8O7S. The van der Waals surface area contributed by atoms with Gasteiger partial charge in [0.1, 0.15) is 35.2 Å². The lowest BCUT2D eigenvalue weighted by Gasteiger charge is -2.40. The summed E-state index contributed by atoms with van der Waals surface area (Å²) in [5.41, 5.74) is 11.4. The Morgan fingerprint density at radius 3 is 2.52 bits per heavy atom. The fourth-order valence-corrected chi connectivity index (χ4v) is 9.95. The van der Waals surface area contributed by atoms with Crippen molar-refractivity contribution in [3.8, 4) is 5.75 Å². The van der Waals surface area contributed by atoms with Gasteiger partial charge in [-0.3, -0.25) is 24.1 Å². The maximum Gasteiger partial charge on any atom is 0.313 e. The molecule has 0 radical (unpaired) electrons. The number of aromatic nitrogens is 1. The smallest absolute Gasteiger partial charge is 0.313 e. The van der Waals surface area contributed by atoms with Gasteiger partial charge in [0.2, 0.25) is 11.8 Å². The molecule has 1 saturated heterocycles. The third-order valence-corrected chi connectivity index (χ3v) is 14.0. The van der Waals surface area contributed by atoms with Crippen molar-refractivity contribution in [1.82, 2.24) is 25.4 Å². The van der Waals surface area contributed by atoms with Crippen LogP contribution in [0.5, 0.6) is 5.75 Å². The van der Waals surface area contributed by atoms with Crippen LogP contribution in [0.3, 0.4) is 0 Å². The Balaban J connectivity index is 1.32. The van der Waals surface area contributed by atoms with Gasteiger partial charge in [0.25, 0.3) is 5.91 Å². The molecule has 15 nitrogen and oxygen atoms in total. The second-order valence-electron chi connectivity index (χ2n) is 18.5. The SMILES string of the molecule is CCCO[C@H](C[C@H](C(C)C)N(CCC)C(=O)[C@@H](NC(=O)[C@H]1CCCCN1C)[C@@H](C)CC)c1nc(C(=O)N[C@H]2Cc3ccc(OCCCCN=[N+]=[N-])cc3[C@H](C(=O)OCc3ccccc3)C2)cs1. The average molecular weight is 943 g/mol. The Hall–Kier alpha value is -5.02. The van der Waals surface area contributed by atoms with Gasteiger partial charge in [-0.2, -0.15) is 0 Å². The number of rotatable bonds is 26. The number of nitrogens with zero attached hydrogens (tertiary/aromatic N) is 6. The van der Waals surface area contributed by atoms with Gasteiger partial charge >= 0.3 is 5.97 Å². The number of likely N-dealkylation sites (tertiary alicyclic amines) is 1. The van der Waals surface area contributed by atoms with Gasteiger partial charge in [-0.25, -0.2) is 4.98 Å². The maximum atomic E-state index is 14.8. The highest BCUT2D eigenvalue weighted by molar-refractivity contribution is 7.09. The number of likely N-dealkylation sites (N-methyl/N-ethyl adjacent to an activating group) is 1. The van der Waals surface area contributed by atoms with Crippen molar-refractivity contribution in [1.29, 1.82) is 0 Å². The van der Waals surface area contributed by atoms with Gasteiger partial charge in [-0.05, 0) is 111 Å². The number of hydrogen-bond donors (Lipinski definition) is 2. The standard InChI is InChI=1S/C51H74N8O7S/c1-8-24-59(50(62)46(35(6)10-3)56-48(61)43-20-14-16-25-58(43)7)44(34(4)5)31-45(65-26-9-2)49-55-42(33-67-49)47(60)54-38-28-37-21-22-39(64-27-17-15-23-53-57-52)30-40(37)41(29-38)51(63)66-32-36-18-12-11-13-19-36/h11-13,18-19,21-22,30,33-35,38,41,43-46H,8-10,14-17,20,23-29,31-32H2,1-7H3,(H,54,60)(H,56,61)/t35-,38-,41+,43+,44+,45+,46-/m0/s1. The van der Waals surface area contributed by atoms with E-state index in [9.17, 15) is 19.2 Å². The van der Waals surface area contributed by atoms with E-state index >= 15 is 0 Å². The first kappa shape index (κ1) is 52.9. The first-order chi connectivity index (χ1) is 32.4. The highest BCUT2D eigenvalue weighted by Crippen LogP contribution is 2.37. The number of piperidine rings is 1. The lowest BCUT2D eigenvalue weighted by atomic mass is 9.80. The molecule has 2 aromatic carbocycles. The molecule has 1 aliphatic carbocycles. The third kappa shape index (κ3) is 15.2. The number of unbranched alkanes of at least 4 members (excludes halogenated alkanes) is 1. The van der Waals surface area contributed by atoms with E-state index in [1.54, 1.807) is 5.38 Å². The molecule has 366 valence electrons. The van der Waals surface area contributed by atoms with Gasteiger partial charge in [0, 0.05) is 48.5 Å². The molecule has 3 amide bonds. The van der Waals surface area contributed by atoms with Crippen LogP contribution in [0.25, 0.3) is 10.4 Å². The number of azide groups is 1. The van der Waals surface area contributed by atoms with Crippen LogP contribution in [-0.4, -0.2) is 103 Å². The molecule has 1 aromatic heterocycles. The summed E-state index contributed by atoms with van der Waals surface area (Å²) in [4.78, 5) is 68.2. The molecular weight excluding hydrogens is 869 g/mol. The van der Waals surface area contributed by atoms with Crippen molar-refractivity contribution in [2.45, 2.75) is 155 Å². The largest absolute Gasteiger partial charge is 0.494 e. The van der Waals surface area contributed by atoms with E-state index in [-0.39, 0.29) is 66.0 Å². The van der Waals surface area contributed by atoms with E-state index in [1.165, 1.54) is 11.3 Å². The summed E-state index contributed by atoms with van der Waals surface area (Å²) in [5, 5.41) is 12.4. The minimum Gasteiger partial charge on any atom is -0.494 e. The third-order valence-electron chi connectivity index (χ3n) is 13.1. The molecule has 7 atom stereocenters. The quantitative estimate of drug-likeness (QED) is 0.0260. The number of fused-ring (bicyclic) bond motifs is 1. The molecule has 1 fully saturated rings. The second-order valence-corrected chi connectivity index (χ2v) is 19.4. The van der Waals surface area contributed by atoms with Crippen molar-refractivity contribution in [2.24, 2.45) is 17.0 Å². The Labute approximate surface area is 401 Å². The van der Waals surface area contributed by atoms with Crippen LogP contribution in [0, 0.1) is 11.8 Å². The van der Waals surface area contributed by atoms with Crippen LogP contribution in [0.15, 0.2) is 59.0 Å². The summed E-state index contributed by atoms with van der Waals surface area (Å²) < 4.78 is 18.4. The zero-order chi connectivity index (χ0) is 48.3. The molecule has 67 heavy (non-hydrogen) atoms. The number of thiazole rings is 1. The lowest BCUT2D eigenvalue weighted by Crippen LogP contribution is -2.58. The molecule has 3 aromatic rings. The first-order valence-electron chi connectivity index (χ1n) is 24.5. The minimum absolute atomic E-state index is 0.0585. The van der Waals surface area contributed by atoms with E-state index in [0.717, 1.165) is 61.8 Å². The van der Waals surface area contributed by atoms with E-state index < -0.39 is 18.1 Å². The minimum atomic E-state index is -0.662. The van der Waals surface area contributed by atoms with Crippen molar-refractivity contribution in [3.05, 3.63) is 91.7 Å². The van der Waals surface area contributed by atoms with Crippen molar-refractivity contribution in [3.63, 3.8) is 0 Å². The Morgan fingerprint density at radius 1 is 1.03 bits per heavy atom. The Morgan fingerprint density at radius 2 is 1.82 bits per heavy atom. The van der Waals surface area contributed by atoms with E-state index in [2.05, 4.69) is 53.3 Å². The second kappa shape index (κ2) is 27.1. The normalized spacial score (nSPS) is 19.0. The van der Waals surface area contributed by atoms with Crippen LogP contribution in [0.4, 0.5) is 0 Å². The summed E-state index contributed by atoms with van der Waals surface area (Å²) in [6.07, 6.45) is 7.33. The van der Waals surface area contributed by atoms with Crippen LogP contribution < -0.4 is 15.4 Å². The summed E-state index contributed by atoms with van der Waals surface area (Å²) >= 11 is 1.37. The summed E-state index contributed by atoms with van der Waals surface area (Å²) in [6.45, 7) is 15.3. The van der Waals surface area contributed by atoms with Crippen LogP contribution >= 0.6 is 11.3 Å². The molecule has 1 aliphatic heterocycles. The number of ether oxygens (including phenoxy) is 3. The lowest BCUT2D eigenvalue weighted by molar-refractivity contribution is -0.147. The van der Waals surface area contributed by atoms with Gasteiger partial charge < -0.3 is 29.7 Å². The first-order valence-corrected chi connectivity index (χ1v) is 25.4. The monoisotopic (exact) mass is 943 g/mol. The molecule has 2 aliphatic rings. The fraction of sp³-hybridized carbons (Fsp3) is 0.627. The fourth-order valence-electron chi connectivity index (χ4n) is 9.09. The van der Waals surface area contributed by atoms with E-state index in [0.29, 0.717) is 69.2 Å². The number of benzene rings is 2. The molecule has 0 saturated carbocycles. The van der Waals surface area contributed by atoms with Gasteiger partial charge in [0.05, 0.1) is 18.6 Å². The van der Waals surface area contributed by atoms with Gasteiger partial charge in [-0.15, -0.1) is 11.3 Å². The van der Waals surface area contributed by atoms with Crippen LogP contribution in [-0.2, 0) is 36.9 Å². The Bertz CT molecular complexity index is 2100. The van der Waals surface area contributed by atoms with Gasteiger partial charge in [0.15, 0.2) is 0 Å². The number of carbonyl (C=O) groups excluding carboxylic acids is 4. The summed E-state index contributed by atoms with van der Waals surface area (Å²) in [7, 11) is 1.98. The molecule has 0 spiro atoms. The maximum absolute atomic E-state index is 14.8. The van der Waals surface area contributed by atoms with Crippen LogP contribution in [0.1, 0.15) is 150 Å². The van der Waals surface area contributed by atoms with Crippen molar-refractivity contribution >= 4 is 35.0 Å².